The van der Waals surface area contributed by atoms with Crippen LogP contribution in [-0.2, 0) is 0 Å². The third-order valence-electron chi connectivity index (χ3n) is 23.0. The van der Waals surface area contributed by atoms with Crippen molar-refractivity contribution in [2.24, 2.45) is 0 Å². The van der Waals surface area contributed by atoms with Gasteiger partial charge in [0.05, 0.1) is 0 Å². The van der Waals surface area contributed by atoms with Crippen molar-refractivity contribution in [2.75, 3.05) is 19.6 Å². The van der Waals surface area contributed by atoms with Gasteiger partial charge in [0, 0.05) is 68.2 Å². The Morgan fingerprint density at radius 3 is 0.242 bits per heavy atom. The molecule has 0 unspecified atom stereocenters. The van der Waals surface area contributed by atoms with E-state index in [0.717, 1.165) is 90.5 Å². The second-order valence-corrected chi connectivity index (χ2v) is 30.8. The van der Waals surface area contributed by atoms with Crippen LogP contribution in [0.2, 0.25) is 0 Å². The second-order valence-electron chi connectivity index (χ2n) is 30.8. The van der Waals surface area contributed by atoms with Crippen molar-refractivity contribution in [3.05, 3.63) is 534 Å². The van der Waals surface area contributed by atoms with Gasteiger partial charge in [-0.3, -0.25) is 0 Å². The zero-order chi connectivity index (χ0) is 83.0. The molecule has 0 aliphatic rings. The summed E-state index contributed by atoms with van der Waals surface area (Å²) >= 11 is 0. The van der Waals surface area contributed by atoms with Crippen molar-refractivity contribution in [1.82, 2.24) is 0 Å². The molecule has 0 aliphatic heterocycles. The Morgan fingerprint density at radius 1 is 0.0645 bits per heavy atom. The summed E-state index contributed by atoms with van der Waals surface area (Å²) < 4.78 is 0. The zero-order valence-corrected chi connectivity index (χ0v) is 68.6. The summed E-state index contributed by atoms with van der Waals surface area (Å²) in [4.78, 5) is 9.32. The number of para-hydroxylation sites is 1. The quantitative estimate of drug-likeness (QED) is 0.0670. The molecule has 0 aliphatic carbocycles. The molecule has 0 amide bonds. The first-order valence-electron chi connectivity index (χ1n) is 42.3. The summed E-state index contributed by atoms with van der Waals surface area (Å²) in [5.41, 5.74) is 37.1. The molecule has 0 heterocycles. The minimum atomic E-state index is 1.09. The first-order chi connectivity index (χ1) is 61.5. The third kappa shape index (κ3) is 17.7. The maximum atomic E-state index is 2.33. The van der Waals surface area contributed by atoms with E-state index >= 15 is 0 Å². The first-order valence-corrected chi connectivity index (χ1v) is 42.3. The molecule has 20 aromatic carbocycles. The molecule has 0 saturated carbocycles. The molecule has 20 rings (SSSR count). The number of hydrogen-bond donors (Lipinski definition) is 0. The smallest absolute Gasteiger partial charge is 0.0462 e. The monoisotopic (exact) mass is 1580 g/mol. The highest BCUT2D eigenvalue weighted by atomic mass is 15.2. The topological polar surface area (TPSA) is 13.0 Å². The lowest BCUT2D eigenvalue weighted by Gasteiger charge is -2.27. The Labute approximate surface area is 728 Å². The van der Waals surface area contributed by atoms with E-state index in [4.69, 9.17) is 0 Å². The van der Waals surface area contributed by atoms with Crippen LogP contribution in [0, 0.1) is 0 Å². The SMILES string of the molecule is c1ccc(-c2ccc(-c3ccc(N(c4ccccc4)c4ccc(-c5ccc(N(c6ccc(-c7ccccc7)cc6)c6ccc(-c7ccccc7)cc6)cc5)cc4)cc3)cc2)cc1.c1ccc(-c2ccc(N(c3ccc(-c4ccccc4)cc3)c3ccc(-c4ccc(N(c5ccc(-c6ccccc6)cc5)c5ccc(-c6ccccc6)cc5)cc4)cc3)cc2)cc1. The van der Waals surface area contributed by atoms with Crippen LogP contribution in [-0.4, -0.2) is 0 Å². The van der Waals surface area contributed by atoms with Crippen molar-refractivity contribution in [2.45, 2.75) is 0 Å². The van der Waals surface area contributed by atoms with Gasteiger partial charge in [-0.25, -0.2) is 0 Å². The minimum absolute atomic E-state index is 1.09. The fourth-order valence-electron chi connectivity index (χ4n) is 16.5. The largest absolute Gasteiger partial charge is 0.311 e. The van der Waals surface area contributed by atoms with E-state index in [1.54, 1.807) is 0 Å². The molecule has 0 aromatic heterocycles. The molecule has 0 radical (unpaired) electrons. The van der Waals surface area contributed by atoms with Gasteiger partial charge in [0.2, 0.25) is 0 Å². The Balaban J connectivity index is 0.000000163. The highest BCUT2D eigenvalue weighted by Gasteiger charge is 2.20. The number of anilines is 12. The summed E-state index contributed by atoms with van der Waals surface area (Å²) in [6, 6.07) is 191. The Bertz CT molecular complexity index is 6320. The molecule has 588 valence electrons. The molecule has 0 fully saturated rings. The highest BCUT2D eigenvalue weighted by molar-refractivity contribution is 5.88. The lowest BCUT2D eigenvalue weighted by molar-refractivity contribution is 1.28. The highest BCUT2D eigenvalue weighted by Crippen LogP contribution is 2.44. The summed E-state index contributed by atoms with van der Waals surface area (Å²) in [5.74, 6) is 0. The van der Waals surface area contributed by atoms with Crippen molar-refractivity contribution in [1.29, 1.82) is 0 Å². The van der Waals surface area contributed by atoms with E-state index in [2.05, 4.69) is 553 Å². The Morgan fingerprint density at radius 2 is 0.137 bits per heavy atom. The summed E-state index contributed by atoms with van der Waals surface area (Å²) in [7, 11) is 0. The molecule has 4 nitrogen and oxygen atoms in total. The summed E-state index contributed by atoms with van der Waals surface area (Å²) in [6.07, 6.45) is 0. The normalized spacial score (nSPS) is 10.9. The fraction of sp³-hybridized carbons (Fsp3) is 0. The van der Waals surface area contributed by atoms with Crippen LogP contribution in [0.1, 0.15) is 0 Å². The van der Waals surface area contributed by atoms with Crippen LogP contribution in [0.3, 0.4) is 0 Å². The van der Waals surface area contributed by atoms with E-state index in [1.165, 1.54) is 89.0 Å². The zero-order valence-electron chi connectivity index (χ0n) is 68.6. The number of benzene rings is 20. The maximum absolute atomic E-state index is 2.33. The van der Waals surface area contributed by atoms with Gasteiger partial charge in [-0.1, -0.05) is 388 Å². The van der Waals surface area contributed by atoms with Crippen LogP contribution in [0.25, 0.3) is 111 Å². The Kier molecular flexibility index (Phi) is 23.0. The molecule has 4 heteroatoms. The fourth-order valence-corrected chi connectivity index (χ4v) is 16.5. The van der Waals surface area contributed by atoms with Crippen LogP contribution in [0.15, 0.2) is 534 Å². The third-order valence-corrected chi connectivity index (χ3v) is 23.0. The molecule has 0 N–H and O–H groups in total. The lowest BCUT2D eigenvalue weighted by Crippen LogP contribution is -2.10. The van der Waals surface area contributed by atoms with E-state index in [0.29, 0.717) is 0 Å². The van der Waals surface area contributed by atoms with E-state index < -0.39 is 0 Å². The number of nitrogens with zero attached hydrogens (tertiary/aromatic N) is 4. The molecule has 124 heavy (non-hydrogen) atoms. The van der Waals surface area contributed by atoms with Gasteiger partial charge < -0.3 is 19.6 Å². The van der Waals surface area contributed by atoms with E-state index in [-0.39, 0.29) is 0 Å². The van der Waals surface area contributed by atoms with Gasteiger partial charge in [0.1, 0.15) is 0 Å². The average Bonchev–Trinajstić information content (AvgIpc) is 0.798. The molecule has 20 aromatic rings. The Hall–Kier alpha value is -16.4. The molecule has 0 saturated heterocycles. The lowest BCUT2D eigenvalue weighted by atomic mass is 10.00. The van der Waals surface area contributed by atoms with Crippen molar-refractivity contribution in [3.8, 4) is 111 Å². The molecule has 0 atom stereocenters. The van der Waals surface area contributed by atoms with Crippen molar-refractivity contribution >= 4 is 68.2 Å². The van der Waals surface area contributed by atoms with Crippen LogP contribution in [0.4, 0.5) is 68.2 Å². The maximum Gasteiger partial charge on any atom is 0.0462 e. The van der Waals surface area contributed by atoms with Gasteiger partial charge in [-0.05, 0) is 257 Å². The van der Waals surface area contributed by atoms with E-state index in [9.17, 15) is 0 Å². The predicted molar refractivity (Wildman–Crippen MR) is 526 cm³/mol. The van der Waals surface area contributed by atoms with E-state index in [1.807, 2.05) is 0 Å². The molecular weight excluding hydrogens is 1500 g/mol. The molecule has 0 bridgehead atoms. The number of rotatable bonds is 22. The first kappa shape index (κ1) is 77.5. The second kappa shape index (κ2) is 36.9. The molecular formula is C120H88N4. The van der Waals surface area contributed by atoms with Crippen molar-refractivity contribution in [3.63, 3.8) is 0 Å². The summed E-state index contributed by atoms with van der Waals surface area (Å²) in [5, 5.41) is 0. The van der Waals surface area contributed by atoms with Crippen molar-refractivity contribution < 1.29 is 0 Å². The van der Waals surface area contributed by atoms with Gasteiger partial charge in [-0.15, -0.1) is 0 Å². The standard InChI is InChI=1S/2C60H44N2/c1-5-13-45(14-6-1)49-21-33-55(34-22-49)61(56-35-23-50(24-36-56)46-15-7-2-8-16-46)59-41-29-53(30-42-59)54-31-43-60(44-32-54)62(57-37-25-51(26-38-57)47-17-9-3-10-18-47)58-39-27-52(28-40-58)48-19-11-4-12-20-48;1-5-13-45(14-6-1)48-21-23-49(24-22-48)52-29-39-56(40-30-52)61(55-19-11-4-12-20-55)57-41-31-53(32-42-57)54-33-43-60(44-34-54)62(58-35-25-50(26-36-58)46-15-7-2-8-16-46)59-37-27-51(28-38-59)47-17-9-3-10-18-47/h2*1-44H. The predicted octanol–water partition coefficient (Wildman–Crippen LogP) is 33.9. The van der Waals surface area contributed by atoms with Gasteiger partial charge in [0.25, 0.3) is 0 Å². The van der Waals surface area contributed by atoms with Crippen LogP contribution >= 0.6 is 0 Å². The van der Waals surface area contributed by atoms with Gasteiger partial charge >= 0.3 is 0 Å². The molecule has 0 spiro atoms. The minimum Gasteiger partial charge on any atom is -0.311 e. The number of hydrogen-bond acceptors (Lipinski definition) is 4. The van der Waals surface area contributed by atoms with Gasteiger partial charge in [0.15, 0.2) is 0 Å². The average molecular weight is 1590 g/mol. The van der Waals surface area contributed by atoms with Gasteiger partial charge in [-0.2, -0.15) is 0 Å². The van der Waals surface area contributed by atoms with Crippen LogP contribution in [0.5, 0.6) is 0 Å². The summed E-state index contributed by atoms with van der Waals surface area (Å²) in [6.45, 7) is 0. The van der Waals surface area contributed by atoms with Crippen LogP contribution < -0.4 is 19.6 Å².